The molecule has 0 radical (unpaired) electrons. The van der Waals surface area contributed by atoms with Gasteiger partial charge in [-0.15, -0.1) is 6.58 Å². The number of alkyl halides is 1. The minimum Gasteiger partial charge on any atom is -0.299 e. The zero-order valence-electron chi connectivity index (χ0n) is 7.09. The van der Waals surface area contributed by atoms with Crippen LogP contribution in [0, 0.1) is 5.92 Å². The van der Waals surface area contributed by atoms with Gasteiger partial charge in [-0.2, -0.15) is 0 Å². The van der Waals surface area contributed by atoms with E-state index in [-0.39, 0.29) is 0 Å². The standard InChI is InChI=1S/C9H16BrN/c1-3-5-11-6-4-8(2)9(10)7-11/h3,8-9H,1,4-7H2,2H3. The molecule has 2 atom stereocenters. The highest BCUT2D eigenvalue weighted by atomic mass is 79.9. The lowest BCUT2D eigenvalue weighted by Crippen LogP contribution is -2.39. The Labute approximate surface area is 77.6 Å². The van der Waals surface area contributed by atoms with Crippen LogP contribution in [0.5, 0.6) is 0 Å². The van der Waals surface area contributed by atoms with Crippen LogP contribution in [0.4, 0.5) is 0 Å². The van der Waals surface area contributed by atoms with E-state index in [2.05, 4.69) is 34.3 Å². The summed E-state index contributed by atoms with van der Waals surface area (Å²) >= 11 is 3.69. The first-order chi connectivity index (χ1) is 5.24. The summed E-state index contributed by atoms with van der Waals surface area (Å²) in [5.74, 6) is 0.830. The maximum atomic E-state index is 3.74. The Morgan fingerprint density at radius 3 is 3.00 bits per heavy atom. The van der Waals surface area contributed by atoms with E-state index in [0.717, 1.165) is 12.5 Å². The van der Waals surface area contributed by atoms with E-state index in [4.69, 9.17) is 0 Å². The summed E-state index contributed by atoms with van der Waals surface area (Å²) in [7, 11) is 0. The molecule has 0 amide bonds. The molecule has 0 N–H and O–H groups in total. The van der Waals surface area contributed by atoms with Crippen molar-refractivity contribution in [2.24, 2.45) is 5.92 Å². The second-order valence-corrected chi connectivity index (χ2v) is 4.51. The third-order valence-electron chi connectivity index (χ3n) is 2.34. The first-order valence-electron chi connectivity index (χ1n) is 4.21. The minimum atomic E-state index is 0.677. The molecule has 1 nitrogen and oxygen atoms in total. The number of hydrogen-bond donors (Lipinski definition) is 0. The van der Waals surface area contributed by atoms with Crippen molar-refractivity contribution in [1.82, 2.24) is 4.90 Å². The fourth-order valence-corrected chi connectivity index (χ4v) is 2.11. The molecular formula is C9H16BrN. The van der Waals surface area contributed by atoms with E-state index in [1.165, 1.54) is 19.5 Å². The summed E-state index contributed by atoms with van der Waals surface area (Å²) in [4.78, 5) is 3.11. The van der Waals surface area contributed by atoms with Gasteiger partial charge in [-0.25, -0.2) is 0 Å². The van der Waals surface area contributed by atoms with Gasteiger partial charge in [0.1, 0.15) is 0 Å². The molecule has 2 unspecified atom stereocenters. The highest BCUT2D eigenvalue weighted by Crippen LogP contribution is 2.22. The molecule has 0 aromatic rings. The van der Waals surface area contributed by atoms with Crippen molar-refractivity contribution in [2.45, 2.75) is 18.2 Å². The van der Waals surface area contributed by atoms with Crippen LogP contribution >= 0.6 is 15.9 Å². The minimum absolute atomic E-state index is 0.677. The zero-order valence-corrected chi connectivity index (χ0v) is 8.68. The predicted octanol–water partition coefficient (Wildman–Crippen LogP) is 2.28. The molecule has 1 saturated heterocycles. The van der Waals surface area contributed by atoms with Gasteiger partial charge in [0.25, 0.3) is 0 Å². The summed E-state index contributed by atoms with van der Waals surface area (Å²) in [6.45, 7) is 9.49. The Bertz CT molecular complexity index is 136. The molecule has 1 aliphatic rings. The van der Waals surface area contributed by atoms with Crippen LogP contribution in [-0.2, 0) is 0 Å². The van der Waals surface area contributed by atoms with E-state index in [1.54, 1.807) is 0 Å². The van der Waals surface area contributed by atoms with Crippen molar-refractivity contribution >= 4 is 15.9 Å². The number of halogens is 1. The summed E-state index contributed by atoms with van der Waals surface area (Å²) in [5.41, 5.74) is 0. The summed E-state index contributed by atoms with van der Waals surface area (Å²) < 4.78 is 0. The van der Waals surface area contributed by atoms with Crippen molar-refractivity contribution < 1.29 is 0 Å². The Morgan fingerprint density at radius 2 is 2.45 bits per heavy atom. The highest BCUT2D eigenvalue weighted by molar-refractivity contribution is 9.09. The fraction of sp³-hybridized carbons (Fsp3) is 0.778. The lowest BCUT2D eigenvalue weighted by atomic mass is 9.99. The van der Waals surface area contributed by atoms with Crippen molar-refractivity contribution in [1.29, 1.82) is 0 Å². The van der Waals surface area contributed by atoms with Gasteiger partial charge >= 0.3 is 0 Å². The molecular weight excluding hydrogens is 202 g/mol. The highest BCUT2D eigenvalue weighted by Gasteiger charge is 2.22. The molecule has 0 saturated carbocycles. The Hall–Kier alpha value is 0.180. The number of likely N-dealkylation sites (tertiary alicyclic amines) is 1. The summed E-state index contributed by atoms with van der Waals surface area (Å²) in [6.07, 6.45) is 3.29. The van der Waals surface area contributed by atoms with Crippen LogP contribution in [0.25, 0.3) is 0 Å². The molecule has 1 rings (SSSR count). The number of rotatable bonds is 2. The van der Waals surface area contributed by atoms with Gasteiger partial charge in [0.15, 0.2) is 0 Å². The van der Waals surface area contributed by atoms with E-state index in [0.29, 0.717) is 4.83 Å². The van der Waals surface area contributed by atoms with Crippen LogP contribution in [0.15, 0.2) is 12.7 Å². The molecule has 1 aliphatic heterocycles. The Kier molecular flexibility index (Phi) is 3.60. The first kappa shape index (κ1) is 9.27. The van der Waals surface area contributed by atoms with Crippen molar-refractivity contribution in [3.8, 4) is 0 Å². The molecule has 0 bridgehead atoms. The SMILES string of the molecule is C=CCN1CCC(C)C(Br)C1. The lowest BCUT2D eigenvalue weighted by molar-refractivity contribution is 0.220. The van der Waals surface area contributed by atoms with Crippen molar-refractivity contribution in [3.63, 3.8) is 0 Å². The lowest BCUT2D eigenvalue weighted by Gasteiger charge is -2.33. The second-order valence-electron chi connectivity index (χ2n) is 3.33. The van der Waals surface area contributed by atoms with Gasteiger partial charge < -0.3 is 0 Å². The molecule has 0 aromatic carbocycles. The smallest absolute Gasteiger partial charge is 0.0299 e. The van der Waals surface area contributed by atoms with Crippen LogP contribution in [0.3, 0.4) is 0 Å². The van der Waals surface area contributed by atoms with E-state index in [9.17, 15) is 0 Å². The van der Waals surface area contributed by atoms with Gasteiger partial charge in [-0.05, 0) is 18.9 Å². The first-order valence-corrected chi connectivity index (χ1v) is 5.13. The van der Waals surface area contributed by atoms with Crippen molar-refractivity contribution in [3.05, 3.63) is 12.7 Å². The molecule has 0 aliphatic carbocycles. The molecule has 64 valence electrons. The molecule has 2 heteroatoms. The molecule has 1 fully saturated rings. The van der Waals surface area contributed by atoms with Gasteiger partial charge in [0.05, 0.1) is 0 Å². The molecule has 1 heterocycles. The third kappa shape index (κ3) is 2.60. The largest absolute Gasteiger partial charge is 0.299 e. The third-order valence-corrected chi connectivity index (χ3v) is 3.53. The average molecular weight is 218 g/mol. The molecule has 0 aromatic heterocycles. The monoisotopic (exact) mass is 217 g/mol. The Morgan fingerprint density at radius 1 is 1.73 bits per heavy atom. The quantitative estimate of drug-likeness (QED) is 0.507. The maximum absolute atomic E-state index is 3.74. The number of nitrogens with zero attached hydrogens (tertiary/aromatic N) is 1. The van der Waals surface area contributed by atoms with Crippen molar-refractivity contribution in [2.75, 3.05) is 19.6 Å². The molecule has 0 spiro atoms. The van der Waals surface area contributed by atoms with Crippen LogP contribution in [-0.4, -0.2) is 29.4 Å². The van der Waals surface area contributed by atoms with Crippen LogP contribution < -0.4 is 0 Å². The van der Waals surface area contributed by atoms with Gasteiger partial charge in [-0.1, -0.05) is 28.9 Å². The number of piperidine rings is 1. The second kappa shape index (κ2) is 4.27. The maximum Gasteiger partial charge on any atom is 0.0299 e. The Balaban J connectivity index is 2.33. The van der Waals surface area contributed by atoms with Gasteiger partial charge in [0, 0.05) is 17.9 Å². The molecule has 11 heavy (non-hydrogen) atoms. The predicted molar refractivity (Wildman–Crippen MR) is 53.1 cm³/mol. The summed E-state index contributed by atoms with van der Waals surface area (Å²) in [5, 5.41) is 0. The van der Waals surface area contributed by atoms with Gasteiger partial charge in [-0.3, -0.25) is 4.90 Å². The number of hydrogen-bond acceptors (Lipinski definition) is 1. The summed E-state index contributed by atoms with van der Waals surface area (Å²) in [6, 6.07) is 0. The fourth-order valence-electron chi connectivity index (χ4n) is 1.43. The van der Waals surface area contributed by atoms with Crippen LogP contribution in [0.1, 0.15) is 13.3 Å². The zero-order chi connectivity index (χ0) is 8.27. The van der Waals surface area contributed by atoms with Gasteiger partial charge in [0.2, 0.25) is 0 Å². The normalized spacial score (nSPS) is 33.6. The van der Waals surface area contributed by atoms with E-state index < -0.39 is 0 Å². The van der Waals surface area contributed by atoms with E-state index in [1.807, 2.05) is 6.08 Å². The van der Waals surface area contributed by atoms with E-state index >= 15 is 0 Å². The van der Waals surface area contributed by atoms with Crippen LogP contribution in [0.2, 0.25) is 0 Å². The average Bonchev–Trinajstić information content (AvgIpc) is 1.98. The topological polar surface area (TPSA) is 3.24 Å².